The van der Waals surface area contributed by atoms with Gasteiger partial charge in [-0.3, -0.25) is 4.79 Å². The van der Waals surface area contributed by atoms with Crippen LogP contribution in [0.2, 0.25) is 0 Å². The minimum absolute atomic E-state index is 0.0495. The zero-order valence-corrected chi connectivity index (χ0v) is 8.12. The summed E-state index contributed by atoms with van der Waals surface area (Å²) in [5.41, 5.74) is 0. The Bertz CT molecular complexity index is 200. The van der Waals surface area contributed by atoms with Gasteiger partial charge < -0.3 is 5.32 Å². The topological polar surface area (TPSA) is 29.1 Å². The van der Waals surface area contributed by atoms with E-state index in [1.54, 1.807) is 5.32 Å². The standard InChI is InChI=1S/C7H10ClF4NO/c1-4(2-8)5(14)13-3-7(11,12)6(9)10/h4,6H,2-3H2,1H3,(H,13,14). The maximum Gasteiger partial charge on any atom is 0.324 e. The lowest BCUT2D eigenvalue weighted by Crippen LogP contribution is -2.43. The molecule has 0 spiro atoms. The number of halogens is 5. The van der Waals surface area contributed by atoms with Crippen molar-refractivity contribution in [3.63, 3.8) is 0 Å². The van der Waals surface area contributed by atoms with Gasteiger partial charge in [-0.1, -0.05) is 6.92 Å². The Morgan fingerprint density at radius 2 is 2.00 bits per heavy atom. The van der Waals surface area contributed by atoms with E-state index in [9.17, 15) is 22.4 Å². The van der Waals surface area contributed by atoms with E-state index >= 15 is 0 Å². The van der Waals surface area contributed by atoms with Crippen LogP contribution in [-0.2, 0) is 4.79 Å². The predicted octanol–water partition coefficient (Wildman–Crippen LogP) is 1.88. The van der Waals surface area contributed by atoms with Crippen LogP contribution in [0.1, 0.15) is 6.92 Å². The van der Waals surface area contributed by atoms with Crippen LogP contribution in [-0.4, -0.2) is 30.7 Å². The minimum atomic E-state index is -4.19. The van der Waals surface area contributed by atoms with E-state index < -0.39 is 30.7 Å². The van der Waals surface area contributed by atoms with Crippen LogP contribution in [0.5, 0.6) is 0 Å². The van der Waals surface area contributed by atoms with Crippen LogP contribution in [0.3, 0.4) is 0 Å². The Morgan fingerprint density at radius 3 is 2.36 bits per heavy atom. The largest absolute Gasteiger partial charge is 0.350 e. The number of amides is 1. The Labute approximate surface area is 83.6 Å². The smallest absolute Gasteiger partial charge is 0.324 e. The molecule has 0 saturated heterocycles. The molecule has 0 aliphatic rings. The van der Waals surface area contributed by atoms with Crippen LogP contribution in [0.25, 0.3) is 0 Å². The molecule has 0 fully saturated rings. The fourth-order valence-electron chi connectivity index (χ4n) is 0.526. The first-order valence-corrected chi connectivity index (χ1v) is 4.34. The van der Waals surface area contributed by atoms with Crippen molar-refractivity contribution in [3.05, 3.63) is 0 Å². The fourth-order valence-corrected chi connectivity index (χ4v) is 0.667. The first-order chi connectivity index (χ1) is 6.31. The summed E-state index contributed by atoms with van der Waals surface area (Å²) in [5, 5.41) is 1.70. The molecule has 0 bridgehead atoms. The molecule has 1 N–H and O–H groups in total. The predicted molar refractivity (Wildman–Crippen MR) is 43.8 cm³/mol. The molecule has 0 aliphatic carbocycles. The van der Waals surface area contributed by atoms with Crippen molar-refractivity contribution in [3.8, 4) is 0 Å². The van der Waals surface area contributed by atoms with Gasteiger partial charge in [-0.25, -0.2) is 8.78 Å². The highest BCUT2D eigenvalue weighted by Crippen LogP contribution is 2.21. The summed E-state index contributed by atoms with van der Waals surface area (Å²) < 4.78 is 47.8. The van der Waals surface area contributed by atoms with Gasteiger partial charge in [-0.05, 0) is 0 Å². The number of carbonyl (C=O) groups is 1. The molecule has 0 aromatic rings. The van der Waals surface area contributed by atoms with Gasteiger partial charge in [0.15, 0.2) is 0 Å². The Morgan fingerprint density at radius 1 is 1.50 bits per heavy atom. The summed E-state index contributed by atoms with van der Waals surface area (Å²) in [6.45, 7) is 0.0353. The Hall–Kier alpha value is -0.520. The first kappa shape index (κ1) is 13.5. The van der Waals surface area contributed by atoms with E-state index in [1.807, 2.05) is 0 Å². The maximum atomic E-state index is 12.3. The summed E-state index contributed by atoms with van der Waals surface area (Å²) in [7, 11) is 0. The van der Waals surface area contributed by atoms with Gasteiger partial charge in [0.2, 0.25) is 5.91 Å². The van der Waals surface area contributed by atoms with Gasteiger partial charge in [0.1, 0.15) is 0 Å². The van der Waals surface area contributed by atoms with E-state index in [0.717, 1.165) is 0 Å². The molecule has 1 unspecified atom stereocenters. The summed E-state index contributed by atoms with van der Waals surface area (Å²) in [4.78, 5) is 10.9. The third-order valence-electron chi connectivity index (χ3n) is 1.50. The Kier molecular flexibility index (Phi) is 5.18. The van der Waals surface area contributed by atoms with Gasteiger partial charge in [-0.15, -0.1) is 11.6 Å². The average Bonchev–Trinajstić information content (AvgIpc) is 2.12. The molecule has 0 aromatic carbocycles. The van der Waals surface area contributed by atoms with E-state index in [2.05, 4.69) is 0 Å². The van der Waals surface area contributed by atoms with Crippen molar-refractivity contribution in [1.29, 1.82) is 0 Å². The molecule has 0 heterocycles. The molecule has 0 radical (unpaired) electrons. The maximum absolute atomic E-state index is 12.3. The van der Waals surface area contributed by atoms with Crippen LogP contribution < -0.4 is 5.32 Å². The first-order valence-electron chi connectivity index (χ1n) is 3.81. The van der Waals surface area contributed by atoms with E-state index in [-0.39, 0.29) is 5.88 Å². The van der Waals surface area contributed by atoms with Crippen molar-refractivity contribution in [2.24, 2.45) is 5.92 Å². The zero-order chi connectivity index (χ0) is 11.4. The van der Waals surface area contributed by atoms with Crippen LogP contribution in [0, 0.1) is 5.92 Å². The summed E-state index contributed by atoms with van der Waals surface area (Å²) >= 11 is 5.26. The quantitative estimate of drug-likeness (QED) is 0.572. The van der Waals surface area contributed by atoms with Gasteiger partial charge in [0.25, 0.3) is 0 Å². The second-order valence-corrected chi connectivity index (χ2v) is 3.14. The second kappa shape index (κ2) is 5.38. The minimum Gasteiger partial charge on any atom is -0.350 e. The third-order valence-corrected chi connectivity index (χ3v) is 1.96. The number of alkyl halides is 5. The number of rotatable bonds is 5. The van der Waals surface area contributed by atoms with Gasteiger partial charge in [-0.2, -0.15) is 8.78 Å². The molecule has 0 rings (SSSR count). The fraction of sp³-hybridized carbons (Fsp3) is 0.857. The van der Waals surface area contributed by atoms with E-state index in [1.165, 1.54) is 6.92 Å². The molecule has 14 heavy (non-hydrogen) atoms. The SMILES string of the molecule is CC(CCl)C(=O)NCC(F)(F)C(F)F. The number of hydrogen-bond donors (Lipinski definition) is 1. The lowest BCUT2D eigenvalue weighted by atomic mass is 10.2. The highest BCUT2D eigenvalue weighted by Gasteiger charge is 2.40. The molecule has 0 aliphatic heterocycles. The average molecular weight is 236 g/mol. The molecular weight excluding hydrogens is 226 g/mol. The molecule has 0 saturated carbocycles. The van der Waals surface area contributed by atoms with Crippen LogP contribution in [0.15, 0.2) is 0 Å². The van der Waals surface area contributed by atoms with Crippen LogP contribution >= 0.6 is 11.6 Å². The Balaban J connectivity index is 4.00. The summed E-state index contributed by atoms with van der Waals surface area (Å²) in [6.07, 6.45) is -3.78. The van der Waals surface area contributed by atoms with E-state index in [4.69, 9.17) is 11.6 Å². The summed E-state index contributed by atoms with van der Waals surface area (Å²) in [5.74, 6) is -5.68. The van der Waals surface area contributed by atoms with Crippen LogP contribution in [0.4, 0.5) is 17.6 Å². The molecule has 7 heteroatoms. The molecular formula is C7H10ClF4NO. The molecule has 2 nitrogen and oxygen atoms in total. The third kappa shape index (κ3) is 4.13. The number of hydrogen-bond acceptors (Lipinski definition) is 1. The molecule has 0 aromatic heterocycles. The normalized spacial score (nSPS) is 14.2. The van der Waals surface area contributed by atoms with Crippen molar-refractivity contribution >= 4 is 17.5 Å². The molecule has 1 amide bonds. The van der Waals surface area contributed by atoms with Crippen molar-refractivity contribution < 1.29 is 22.4 Å². The van der Waals surface area contributed by atoms with Gasteiger partial charge in [0, 0.05) is 11.8 Å². The lowest BCUT2D eigenvalue weighted by Gasteiger charge is -2.16. The van der Waals surface area contributed by atoms with Crippen molar-refractivity contribution in [2.75, 3.05) is 12.4 Å². The molecule has 1 atom stereocenters. The zero-order valence-electron chi connectivity index (χ0n) is 7.37. The summed E-state index contributed by atoms with van der Waals surface area (Å²) in [6, 6.07) is 0. The van der Waals surface area contributed by atoms with Gasteiger partial charge in [0.05, 0.1) is 6.54 Å². The molecule has 84 valence electrons. The monoisotopic (exact) mass is 235 g/mol. The highest BCUT2D eigenvalue weighted by atomic mass is 35.5. The van der Waals surface area contributed by atoms with Gasteiger partial charge >= 0.3 is 12.3 Å². The highest BCUT2D eigenvalue weighted by molar-refractivity contribution is 6.19. The van der Waals surface area contributed by atoms with Crippen molar-refractivity contribution in [2.45, 2.75) is 19.3 Å². The number of carbonyl (C=O) groups excluding carboxylic acids is 1. The second-order valence-electron chi connectivity index (χ2n) is 2.83. The van der Waals surface area contributed by atoms with E-state index in [0.29, 0.717) is 0 Å². The van der Waals surface area contributed by atoms with Crippen molar-refractivity contribution in [1.82, 2.24) is 5.32 Å². The number of nitrogens with one attached hydrogen (secondary N) is 1. The lowest BCUT2D eigenvalue weighted by molar-refractivity contribution is -0.138.